The molecular weight excluding hydrogens is 376 g/mol. The van der Waals surface area contributed by atoms with Gasteiger partial charge in [0.15, 0.2) is 0 Å². The number of benzene rings is 2. The molecule has 1 aliphatic rings. The lowest BCUT2D eigenvalue weighted by molar-refractivity contribution is 0.0995. The highest BCUT2D eigenvalue weighted by molar-refractivity contribution is 5.92. The molecule has 0 radical (unpaired) electrons. The monoisotopic (exact) mass is 395 g/mol. The van der Waals surface area contributed by atoms with Gasteiger partial charge in [-0.15, -0.1) is 0 Å². The number of carbonyl (C=O) groups excluding carboxylic acids is 1. The molecule has 0 unspecified atom stereocenters. The van der Waals surface area contributed by atoms with E-state index in [2.05, 4.69) is 9.97 Å². The molecule has 148 valence electrons. The van der Waals surface area contributed by atoms with Crippen LogP contribution < -0.4 is 15.5 Å². The SMILES string of the molecule is NC(=O)c1cc(-c2ccc(F)cc2)nc(N2CCN(c3ccccc3F)CC2)n1. The van der Waals surface area contributed by atoms with E-state index < -0.39 is 5.91 Å². The normalized spacial score (nSPS) is 14.1. The van der Waals surface area contributed by atoms with Crippen molar-refractivity contribution >= 4 is 17.5 Å². The molecule has 1 aromatic heterocycles. The lowest BCUT2D eigenvalue weighted by Crippen LogP contribution is -2.47. The predicted molar refractivity (Wildman–Crippen MR) is 107 cm³/mol. The molecule has 4 rings (SSSR count). The summed E-state index contributed by atoms with van der Waals surface area (Å²) in [7, 11) is 0. The molecule has 6 nitrogen and oxygen atoms in total. The lowest BCUT2D eigenvalue weighted by atomic mass is 10.1. The molecule has 0 atom stereocenters. The summed E-state index contributed by atoms with van der Waals surface area (Å²) in [5.41, 5.74) is 7.23. The molecular formula is C21H19F2N5O. The minimum atomic E-state index is -0.665. The van der Waals surface area contributed by atoms with Crippen LogP contribution in [0.3, 0.4) is 0 Å². The van der Waals surface area contributed by atoms with E-state index in [0.717, 1.165) is 0 Å². The Bertz CT molecular complexity index is 1030. The molecule has 1 aliphatic heterocycles. The molecule has 29 heavy (non-hydrogen) atoms. The van der Waals surface area contributed by atoms with Gasteiger partial charge in [-0.3, -0.25) is 4.79 Å². The number of nitrogens with zero attached hydrogens (tertiary/aromatic N) is 4. The third-order valence-corrected chi connectivity index (χ3v) is 4.86. The zero-order valence-electron chi connectivity index (χ0n) is 15.6. The van der Waals surface area contributed by atoms with E-state index in [-0.39, 0.29) is 17.3 Å². The van der Waals surface area contributed by atoms with Crippen molar-refractivity contribution in [3.63, 3.8) is 0 Å². The van der Waals surface area contributed by atoms with E-state index in [9.17, 15) is 13.6 Å². The highest BCUT2D eigenvalue weighted by atomic mass is 19.1. The third kappa shape index (κ3) is 4.01. The number of carbonyl (C=O) groups is 1. The van der Waals surface area contributed by atoms with Gasteiger partial charge in [-0.1, -0.05) is 12.1 Å². The first-order valence-corrected chi connectivity index (χ1v) is 9.20. The number of nitrogens with two attached hydrogens (primary N) is 1. The Morgan fingerprint density at radius 3 is 2.21 bits per heavy atom. The summed E-state index contributed by atoms with van der Waals surface area (Å²) in [5.74, 6) is -0.912. The average Bonchev–Trinajstić information content (AvgIpc) is 2.74. The Hall–Kier alpha value is -3.55. The number of amides is 1. The van der Waals surface area contributed by atoms with E-state index in [1.54, 1.807) is 30.3 Å². The molecule has 1 saturated heterocycles. The second kappa shape index (κ2) is 7.83. The number of hydrogen-bond donors (Lipinski definition) is 1. The minimum absolute atomic E-state index is 0.0888. The van der Waals surface area contributed by atoms with Crippen LogP contribution >= 0.6 is 0 Å². The molecule has 2 heterocycles. The van der Waals surface area contributed by atoms with E-state index in [1.165, 1.54) is 24.3 Å². The lowest BCUT2D eigenvalue weighted by Gasteiger charge is -2.36. The van der Waals surface area contributed by atoms with Gasteiger partial charge in [0.1, 0.15) is 17.3 Å². The zero-order valence-corrected chi connectivity index (χ0v) is 15.6. The second-order valence-corrected chi connectivity index (χ2v) is 6.74. The topological polar surface area (TPSA) is 75.4 Å². The molecule has 1 amide bonds. The molecule has 8 heteroatoms. The quantitative estimate of drug-likeness (QED) is 0.735. The summed E-state index contributed by atoms with van der Waals surface area (Å²) >= 11 is 0. The Morgan fingerprint density at radius 2 is 1.55 bits per heavy atom. The van der Waals surface area contributed by atoms with Gasteiger partial charge >= 0.3 is 0 Å². The maximum atomic E-state index is 14.0. The molecule has 0 saturated carbocycles. The maximum Gasteiger partial charge on any atom is 0.267 e. The third-order valence-electron chi connectivity index (χ3n) is 4.86. The number of para-hydroxylation sites is 1. The van der Waals surface area contributed by atoms with E-state index in [0.29, 0.717) is 49.1 Å². The Balaban J connectivity index is 1.59. The van der Waals surface area contributed by atoms with Crippen LogP contribution in [0.1, 0.15) is 10.5 Å². The number of anilines is 2. The summed E-state index contributed by atoms with van der Waals surface area (Å²) in [4.78, 5) is 24.5. The van der Waals surface area contributed by atoms with Crippen molar-refractivity contribution in [3.8, 4) is 11.3 Å². The predicted octanol–water partition coefficient (Wildman–Crippen LogP) is 2.85. The van der Waals surface area contributed by atoms with Crippen LogP contribution in [0.2, 0.25) is 0 Å². The van der Waals surface area contributed by atoms with Crippen LogP contribution in [0.5, 0.6) is 0 Å². The van der Waals surface area contributed by atoms with Gasteiger partial charge in [-0.05, 0) is 42.5 Å². The second-order valence-electron chi connectivity index (χ2n) is 6.74. The molecule has 0 spiro atoms. The van der Waals surface area contributed by atoms with Crippen LogP contribution in [0, 0.1) is 11.6 Å². The van der Waals surface area contributed by atoms with Crippen molar-refractivity contribution in [2.24, 2.45) is 5.73 Å². The first-order chi connectivity index (χ1) is 14.0. The number of piperazine rings is 1. The highest BCUT2D eigenvalue weighted by Crippen LogP contribution is 2.24. The van der Waals surface area contributed by atoms with E-state index in [1.807, 2.05) is 9.80 Å². The summed E-state index contributed by atoms with van der Waals surface area (Å²) < 4.78 is 27.3. The van der Waals surface area contributed by atoms with Gasteiger partial charge in [0, 0.05) is 31.7 Å². The van der Waals surface area contributed by atoms with Crippen molar-refractivity contribution in [3.05, 3.63) is 71.9 Å². The van der Waals surface area contributed by atoms with Crippen molar-refractivity contribution in [1.29, 1.82) is 0 Å². The Morgan fingerprint density at radius 1 is 0.897 bits per heavy atom. The average molecular weight is 395 g/mol. The summed E-state index contributed by atoms with van der Waals surface area (Å²) in [6.45, 7) is 2.27. The summed E-state index contributed by atoms with van der Waals surface area (Å²) in [6, 6.07) is 14.0. The molecule has 0 aliphatic carbocycles. The van der Waals surface area contributed by atoms with Gasteiger partial charge in [0.25, 0.3) is 5.91 Å². The van der Waals surface area contributed by atoms with Crippen LogP contribution in [-0.4, -0.2) is 42.1 Å². The summed E-state index contributed by atoms with van der Waals surface area (Å²) in [6.07, 6.45) is 0. The van der Waals surface area contributed by atoms with Crippen molar-refractivity contribution in [1.82, 2.24) is 9.97 Å². The van der Waals surface area contributed by atoms with Crippen LogP contribution in [-0.2, 0) is 0 Å². The summed E-state index contributed by atoms with van der Waals surface area (Å²) in [5, 5.41) is 0. The van der Waals surface area contributed by atoms with E-state index in [4.69, 9.17) is 5.73 Å². The minimum Gasteiger partial charge on any atom is -0.366 e. The number of primary amides is 1. The number of aromatic nitrogens is 2. The smallest absolute Gasteiger partial charge is 0.267 e. The first-order valence-electron chi connectivity index (χ1n) is 9.20. The van der Waals surface area contributed by atoms with Gasteiger partial charge in [0.05, 0.1) is 11.4 Å². The largest absolute Gasteiger partial charge is 0.366 e. The fraction of sp³-hybridized carbons (Fsp3) is 0.190. The number of halogens is 2. The Labute approximate surface area is 166 Å². The zero-order chi connectivity index (χ0) is 20.4. The van der Waals surface area contributed by atoms with Gasteiger partial charge < -0.3 is 15.5 Å². The van der Waals surface area contributed by atoms with Gasteiger partial charge in [-0.25, -0.2) is 18.7 Å². The molecule has 3 aromatic rings. The number of rotatable bonds is 4. The highest BCUT2D eigenvalue weighted by Gasteiger charge is 2.22. The van der Waals surface area contributed by atoms with Gasteiger partial charge in [0.2, 0.25) is 5.95 Å². The van der Waals surface area contributed by atoms with Crippen LogP contribution in [0.25, 0.3) is 11.3 Å². The molecule has 0 bridgehead atoms. The van der Waals surface area contributed by atoms with Crippen LogP contribution in [0.15, 0.2) is 54.6 Å². The van der Waals surface area contributed by atoms with Crippen molar-refractivity contribution in [2.45, 2.75) is 0 Å². The van der Waals surface area contributed by atoms with Gasteiger partial charge in [-0.2, -0.15) is 0 Å². The standard InChI is InChI=1S/C21H19F2N5O/c22-15-7-5-14(6-8-15)17-13-18(20(24)29)26-21(25-17)28-11-9-27(10-12-28)19-4-2-1-3-16(19)23/h1-8,13H,9-12H2,(H2,24,29). The van der Waals surface area contributed by atoms with Crippen molar-refractivity contribution < 1.29 is 13.6 Å². The molecule has 2 N–H and O–H groups in total. The van der Waals surface area contributed by atoms with E-state index >= 15 is 0 Å². The molecule has 2 aromatic carbocycles. The van der Waals surface area contributed by atoms with Crippen LogP contribution in [0.4, 0.5) is 20.4 Å². The Kier molecular flexibility index (Phi) is 5.07. The number of hydrogen-bond acceptors (Lipinski definition) is 5. The fourth-order valence-corrected chi connectivity index (χ4v) is 3.33. The van der Waals surface area contributed by atoms with Crippen molar-refractivity contribution in [2.75, 3.05) is 36.0 Å². The molecule has 1 fully saturated rings. The fourth-order valence-electron chi connectivity index (χ4n) is 3.33. The maximum absolute atomic E-state index is 14.0. The first kappa shape index (κ1) is 18.8.